The maximum absolute atomic E-state index is 13.1. The van der Waals surface area contributed by atoms with E-state index in [1.165, 1.54) is 35.2 Å². The van der Waals surface area contributed by atoms with Gasteiger partial charge in [-0.1, -0.05) is 43.9 Å². The summed E-state index contributed by atoms with van der Waals surface area (Å²) in [4.78, 5) is 15.8. The molecule has 170 valence electrons. The lowest BCUT2D eigenvalue weighted by atomic mass is 9.98. The number of sulfonamides is 1. The molecule has 0 radical (unpaired) electrons. The molecular weight excluding hydrogens is 473 g/mol. The molecule has 7 nitrogen and oxygen atoms in total. The molecule has 1 fully saturated rings. The molecule has 1 saturated heterocycles. The van der Waals surface area contributed by atoms with Gasteiger partial charge in [-0.25, -0.2) is 8.42 Å². The second-order valence-corrected chi connectivity index (χ2v) is 12.8. The zero-order chi connectivity index (χ0) is 22.6. The summed E-state index contributed by atoms with van der Waals surface area (Å²) in [6.07, 6.45) is 3.82. The molecule has 1 aromatic carbocycles. The number of aromatic nitrogens is 2. The Morgan fingerprint density at radius 3 is 2.65 bits per heavy atom. The summed E-state index contributed by atoms with van der Waals surface area (Å²) in [5, 5.41) is 8.22. The van der Waals surface area contributed by atoms with E-state index >= 15 is 0 Å². The van der Waals surface area contributed by atoms with Gasteiger partial charge < -0.3 is 4.90 Å². The van der Waals surface area contributed by atoms with Crippen LogP contribution >= 0.6 is 34.9 Å². The van der Waals surface area contributed by atoms with Crippen molar-refractivity contribution in [2.75, 3.05) is 29.8 Å². The number of thioether (sulfide) groups is 2. The Morgan fingerprint density at radius 2 is 2.00 bits per heavy atom. The van der Waals surface area contributed by atoms with E-state index in [1.54, 1.807) is 17.8 Å². The van der Waals surface area contributed by atoms with E-state index < -0.39 is 10.0 Å². The lowest BCUT2D eigenvalue weighted by molar-refractivity contribution is 0.0693. The van der Waals surface area contributed by atoms with Crippen LogP contribution in [0.3, 0.4) is 0 Å². The Labute approximate surface area is 196 Å². The van der Waals surface area contributed by atoms with Crippen LogP contribution in [0.25, 0.3) is 0 Å². The first-order chi connectivity index (χ1) is 14.7. The highest BCUT2D eigenvalue weighted by Crippen LogP contribution is 2.30. The Bertz CT molecular complexity index is 1020. The van der Waals surface area contributed by atoms with Gasteiger partial charge in [0.2, 0.25) is 5.13 Å². The second-order valence-electron chi connectivity index (χ2n) is 8.02. The number of rotatable bonds is 8. The van der Waals surface area contributed by atoms with Crippen LogP contribution < -0.4 is 4.72 Å². The topological polar surface area (TPSA) is 92.3 Å². The fraction of sp³-hybridized carbons (Fsp3) is 0.550. The first-order valence-corrected chi connectivity index (χ1v) is 14.7. The summed E-state index contributed by atoms with van der Waals surface area (Å²) in [5.74, 6) is 1.88. The molecule has 1 aliphatic rings. The molecule has 1 amide bonds. The fourth-order valence-corrected chi connectivity index (χ4v) is 6.68. The molecule has 1 N–H and O–H groups in total. The van der Waals surface area contributed by atoms with Crippen LogP contribution in [0.4, 0.5) is 5.13 Å². The number of piperidine rings is 1. The number of anilines is 1. The van der Waals surface area contributed by atoms with Crippen LogP contribution in [0.5, 0.6) is 0 Å². The maximum atomic E-state index is 13.1. The second kappa shape index (κ2) is 10.5. The summed E-state index contributed by atoms with van der Waals surface area (Å²) < 4.78 is 29.1. The van der Waals surface area contributed by atoms with Gasteiger partial charge in [0.05, 0.1) is 10.5 Å². The monoisotopic (exact) mass is 500 g/mol. The minimum absolute atomic E-state index is 0.0469. The normalized spacial score (nSPS) is 15.5. The Morgan fingerprint density at radius 1 is 1.29 bits per heavy atom. The molecule has 0 bridgehead atoms. The van der Waals surface area contributed by atoms with Crippen molar-refractivity contribution in [1.82, 2.24) is 15.1 Å². The standard InChI is InChI=1S/C20H28N4O3S4/c1-13(2)12-29-20-22-21-19(30-20)23-31(26,27)15-5-6-17(28-4)16(11-15)18(25)24-9-7-14(3)8-10-24/h5-6,11,13-14H,7-10,12H2,1-4H3,(H,21,23). The highest BCUT2D eigenvalue weighted by Gasteiger charge is 2.26. The number of hydrogen-bond donors (Lipinski definition) is 1. The van der Waals surface area contributed by atoms with Gasteiger partial charge in [0.15, 0.2) is 4.34 Å². The molecule has 3 rings (SSSR count). The molecule has 0 atom stereocenters. The van der Waals surface area contributed by atoms with Crippen LogP contribution in [0, 0.1) is 11.8 Å². The predicted molar refractivity (Wildman–Crippen MR) is 129 cm³/mol. The maximum Gasteiger partial charge on any atom is 0.263 e. The van der Waals surface area contributed by atoms with E-state index in [0.29, 0.717) is 30.5 Å². The van der Waals surface area contributed by atoms with E-state index in [0.717, 1.165) is 27.8 Å². The molecule has 2 aromatic rings. The van der Waals surface area contributed by atoms with Crippen LogP contribution in [0.15, 0.2) is 32.3 Å². The SMILES string of the molecule is CSc1ccc(S(=O)(=O)Nc2nnc(SCC(C)C)s2)cc1C(=O)N1CCC(C)CC1. The van der Waals surface area contributed by atoms with E-state index in [9.17, 15) is 13.2 Å². The van der Waals surface area contributed by atoms with E-state index in [2.05, 4.69) is 35.7 Å². The third-order valence-electron chi connectivity index (χ3n) is 4.95. The zero-order valence-corrected chi connectivity index (χ0v) is 21.4. The van der Waals surface area contributed by atoms with Gasteiger partial charge in [-0.15, -0.1) is 22.0 Å². The van der Waals surface area contributed by atoms with Gasteiger partial charge in [-0.3, -0.25) is 9.52 Å². The molecular formula is C20H28N4O3S4. The summed E-state index contributed by atoms with van der Waals surface area (Å²) in [6, 6.07) is 4.70. The van der Waals surface area contributed by atoms with Gasteiger partial charge in [0.1, 0.15) is 0 Å². The lowest BCUT2D eigenvalue weighted by Crippen LogP contribution is -2.38. The third kappa shape index (κ3) is 6.36. The first kappa shape index (κ1) is 24.3. The van der Waals surface area contributed by atoms with Crippen LogP contribution in [0.1, 0.15) is 44.0 Å². The summed E-state index contributed by atoms with van der Waals surface area (Å²) in [7, 11) is -3.88. The molecule has 1 aliphatic heterocycles. The Balaban J connectivity index is 1.80. The minimum Gasteiger partial charge on any atom is -0.339 e. The van der Waals surface area contributed by atoms with Gasteiger partial charge in [-0.05, 0) is 49.1 Å². The zero-order valence-electron chi connectivity index (χ0n) is 18.1. The molecule has 1 aromatic heterocycles. The highest BCUT2D eigenvalue weighted by atomic mass is 32.2. The van der Waals surface area contributed by atoms with Crippen molar-refractivity contribution in [3.8, 4) is 0 Å². The van der Waals surface area contributed by atoms with E-state index in [4.69, 9.17) is 0 Å². The highest BCUT2D eigenvalue weighted by molar-refractivity contribution is 8.01. The first-order valence-electron chi connectivity index (χ1n) is 10.2. The number of carbonyl (C=O) groups excluding carboxylic acids is 1. The molecule has 2 heterocycles. The molecule has 0 spiro atoms. The van der Waals surface area contributed by atoms with E-state index in [-0.39, 0.29) is 15.9 Å². The average molecular weight is 501 g/mol. The number of nitrogens with one attached hydrogen (secondary N) is 1. The summed E-state index contributed by atoms with van der Waals surface area (Å²) in [6.45, 7) is 7.81. The van der Waals surface area contributed by atoms with Crippen molar-refractivity contribution in [3.05, 3.63) is 23.8 Å². The van der Waals surface area contributed by atoms with Crippen molar-refractivity contribution in [1.29, 1.82) is 0 Å². The van der Waals surface area contributed by atoms with Crippen molar-refractivity contribution in [3.63, 3.8) is 0 Å². The van der Waals surface area contributed by atoms with Crippen LogP contribution in [-0.2, 0) is 10.0 Å². The smallest absolute Gasteiger partial charge is 0.263 e. The van der Waals surface area contributed by atoms with Crippen molar-refractivity contribution < 1.29 is 13.2 Å². The number of hydrogen-bond acceptors (Lipinski definition) is 8. The van der Waals surface area contributed by atoms with E-state index in [1.807, 2.05) is 11.2 Å². The quantitative estimate of drug-likeness (QED) is 0.526. The van der Waals surface area contributed by atoms with Gasteiger partial charge in [-0.2, -0.15) is 0 Å². The lowest BCUT2D eigenvalue weighted by Gasteiger charge is -2.30. The molecule has 11 heteroatoms. The largest absolute Gasteiger partial charge is 0.339 e. The number of nitrogens with zero attached hydrogens (tertiary/aromatic N) is 3. The van der Waals surface area contributed by atoms with Crippen molar-refractivity contribution >= 4 is 55.9 Å². The fourth-order valence-electron chi connectivity index (χ4n) is 3.12. The average Bonchev–Trinajstić information content (AvgIpc) is 3.18. The Hall–Kier alpha value is -1.30. The summed E-state index contributed by atoms with van der Waals surface area (Å²) in [5.41, 5.74) is 0.426. The molecule has 31 heavy (non-hydrogen) atoms. The van der Waals surface area contributed by atoms with Gasteiger partial charge in [0.25, 0.3) is 15.9 Å². The number of carbonyl (C=O) groups is 1. The Kier molecular flexibility index (Phi) is 8.28. The number of likely N-dealkylation sites (tertiary alicyclic amines) is 1. The number of amides is 1. The molecule has 0 unspecified atom stereocenters. The summed E-state index contributed by atoms with van der Waals surface area (Å²) >= 11 is 4.20. The number of benzene rings is 1. The van der Waals surface area contributed by atoms with Crippen LogP contribution in [0.2, 0.25) is 0 Å². The van der Waals surface area contributed by atoms with Crippen molar-refractivity contribution in [2.45, 2.75) is 47.7 Å². The van der Waals surface area contributed by atoms with Gasteiger partial charge in [0, 0.05) is 23.7 Å². The third-order valence-corrected chi connectivity index (χ3v) is 9.61. The van der Waals surface area contributed by atoms with Crippen molar-refractivity contribution in [2.24, 2.45) is 11.8 Å². The minimum atomic E-state index is -3.88. The predicted octanol–water partition coefficient (Wildman–Crippen LogP) is 4.68. The molecule has 0 saturated carbocycles. The van der Waals surface area contributed by atoms with Gasteiger partial charge >= 0.3 is 0 Å². The molecule has 0 aliphatic carbocycles. The van der Waals surface area contributed by atoms with Crippen LogP contribution in [-0.4, -0.2) is 54.5 Å².